The molecule has 3 heterocycles. The normalized spacial score (nSPS) is 15.1. The fourth-order valence-electron chi connectivity index (χ4n) is 3.86. The Bertz CT molecular complexity index is 1220. The van der Waals surface area contributed by atoms with Crippen molar-refractivity contribution < 1.29 is 13.2 Å². The third-order valence-corrected chi connectivity index (χ3v) is 7.53. The Morgan fingerprint density at radius 3 is 2.56 bits per heavy atom. The zero-order valence-corrected chi connectivity index (χ0v) is 19.1. The lowest BCUT2D eigenvalue weighted by atomic mass is 10.1. The van der Waals surface area contributed by atoms with E-state index in [9.17, 15) is 13.2 Å². The van der Waals surface area contributed by atoms with Crippen LogP contribution in [0.3, 0.4) is 0 Å². The van der Waals surface area contributed by atoms with Crippen molar-refractivity contribution in [3.05, 3.63) is 65.5 Å². The van der Waals surface area contributed by atoms with Gasteiger partial charge in [0, 0.05) is 44.3 Å². The first kappa shape index (κ1) is 22.2. The van der Waals surface area contributed by atoms with Crippen LogP contribution in [0.5, 0.6) is 0 Å². The topological polar surface area (TPSA) is 95.5 Å². The number of anilines is 1. The zero-order chi connectivity index (χ0) is 22.7. The van der Waals surface area contributed by atoms with Crippen molar-refractivity contribution in [3.8, 4) is 0 Å². The molecule has 9 heteroatoms. The minimum atomic E-state index is -3.46. The summed E-state index contributed by atoms with van der Waals surface area (Å²) in [4.78, 5) is 23.6. The zero-order valence-electron chi connectivity index (χ0n) is 18.3. The molecule has 3 aromatic rings. The molecule has 1 N–H and O–H groups in total. The molecular weight excluding hydrogens is 426 g/mol. The third-order valence-electron chi connectivity index (χ3n) is 5.66. The SMILES string of the molecule is Cc1ccc2cc(C(=O)NCCS(=O)(=O)N3CCN(c4ccccn4)CC3)c(C)nc2c1. The number of piperazine rings is 1. The molecule has 0 bridgehead atoms. The van der Waals surface area contributed by atoms with Gasteiger partial charge in [-0.1, -0.05) is 18.2 Å². The van der Waals surface area contributed by atoms with Crippen molar-refractivity contribution in [2.75, 3.05) is 43.4 Å². The van der Waals surface area contributed by atoms with Gasteiger partial charge in [0.05, 0.1) is 22.5 Å². The highest BCUT2D eigenvalue weighted by Crippen LogP contribution is 2.18. The lowest BCUT2D eigenvalue weighted by molar-refractivity contribution is 0.0955. The van der Waals surface area contributed by atoms with Gasteiger partial charge in [0.2, 0.25) is 10.0 Å². The average Bonchev–Trinajstić information content (AvgIpc) is 2.79. The lowest BCUT2D eigenvalue weighted by Crippen LogP contribution is -2.50. The number of aryl methyl sites for hydroxylation is 2. The molecule has 1 amide bonds. The largest absolute Gasteiger partial charge is 0.354 e. The summed E-state index contributed by atoms with van der Waals surface area (Å²) in [6.07, 6.45) is 1.73. The fourth-order valence-corrected chi connectivity index (χ4v) is 5.20. The summed E-state index contributed by atoms with van der Waals surface area (Å²) >= 11 is 0. The molecule has 2 aromatic heterocycles. The highest BCUT2D eigenvalue weighted by molar-refractivity contribution is 7.89. The number of hydrogen-bond donors (Lipinski definition) is 1. The van der Waals surface area contributed by atoms with Crippen molar-refractivity contribution in [1.29, 1.82) is 0 Å². The number of nitrogens with one attached hydrogen (secondary N) is 1. The van der Waals surface area contributed by atoms with E-state index >= 15 is 0 Å². The van der Waals surface area contributed by atoms with Crippen LogP contribution in [0.1, 0.15) is 21.6 Å². The number of carbonyl (C=O) groups excluding carboxylic acids is 1. The Hall–Kier alpha value is -3.04. The van der Waals surface area contributed by atoms with Crippen LogP contribution in [0.25, 0.3) is 10.9 Å². The monoisotopic (exact) mass is 453 g/mol. The van der Waals surface area contributed by atoms with E-state index in [-0.39, 0.29) is 18.2 Å². The van der Waals surface area contributed by atoms with Crippen LogP contribution in [0.4, 0.5) is 5.82 Å². The van der Waals surface area contributed by atoms with Gasteiger partial charge in [0.25, 0.3) is 5.91 Å². The van der Waals surface area contributed by atoms with Crippen molar-refractivity contribution in [2.24, 2.45) is 0 Å². The van der Waals surface area contributed by atoms with Gasteiger partial charge >= 0.3 is 0 Å². The first-order chi connectivity index (χ1) is 15.3. The predicted octanol–water partition coefficient (Wildman–Crippen LogP) is 2.13. The quantitative estimate of drug-likeness (QED) is 0.614. The van der Waals surface area contributed by atoms with Crippen molar-refractivity contribution in [2.45, 2.75) is 13.8 Å². The standard InChI is InChI=1S/C23H27N5O3S/c1-17-6-7-19-16-20(18(2)26-21(19)15-17)23(29)25-9-14-32(30,31)28-12-10-27(11-13-28)22-5-3-4-8-24-22/h3-8,15-16H,9-14H2,1-2H3,(H,25,29). The number of hydrogen-bond acceptors (Lipinski definition) is 6. The van der Waals surface area contributed by atoms with Gasteiger partial charge in [0.15, 0.2) is 0 Å². The summed E-state index contributed by atoms with van der Waals surface area (Å²) in [6, 6.07) is 13.4. The van der Waals surface area contributed by atoms with Gasteiger partial charge in [-0.3, -0.25) is 9.78 Å². The van der Waals surface area contributed by atoms with Crippen LogP contribution >= 0.6 is 0 Å². The number of rotatable bonds is 6. The van der Waals surface area contributed by atoms with Crippen LogP contribution in [0, 0.1) is 13.8 Å². The molecule has 4 rings (SSSR count). The number of fused-ring (bicyclic) bond motifs is 1. The van der Waals surface area contributed by atoms with Gasteiger partial charge < -0.3 is 10.2 Å². The minimum Gasteiger partial charge on any atom is -0.354 e. The molecule has 32 heavy (non-hydrogen) atoms. The van der Waals surface area contributed by atoms with Gasteiger partial charge in [-0.2, -0.15) is 4.31 Å². The van der Waals surface area contributed by atoms with Crippen molar-refractivity contribution >= 4 is 32.7 Å². The maximum atomic E-state index is 12.7. The predicted molar refractivity (Wildman–Crippen MR) is 125 cm³/mol. The third kappa shape index (κ3) is 4.89. The van der Waals surface area contributed by atoms with Crippen LogP contribution in [-0.4, -0.2) is 67.1 Å². The second kappa shape index (κ2) is 9.22. The van der Waals surface area contributed by atoms with E-state index in [0.717, 1.165) is 22.3 Å². The lowest BCUT2D eigenvalue weighted by Gasteiger charge is -2.34. The number of sulfonamides is 1. The Morgan fingerprint density at radius 1 is 1.06 bits per heavy atom. The minimum absolute atomic E-state index is 0.0486. The van der Waals surface area contributed by atoms with Crippen LogP contribution in [0.15, 0.2) is 48.7 Å². The van der Waals surface area contributed by atoms with Crippen LogP contribution < -0.4 is 10.2 Å². The fraction of sp³-hybridized carbons (Fsp3) is 0.348. The summed E-state index contributed by atoms with van der Waals surface area (Å²) in [5, 5.41) is 3.62. The smallest absolute Gasteiger partial charge is 0.253 e. The molecule has 0 radical (unpaired) electrons. The molecule has 1 fully saturated rings. The molecule has 1 aliphatic rings. The number of nitrogens with zero attached hydrogens (tertiary/aromatic N) is 4. The molecule has 0 saturated carbocycles. The van der Waals surface area contributed by atoms with E-state index in [1.54, 1.807) is 19.2 Å². The van der Waals surface area contributed by atoms with Crippen LogP contribution in [0.2, 0.25) is 0 Å². The van der Waals surface area contributed by atoms with Gasteiger partial charge in [-0.05, 0) is 43.7 Å². The van der Waals surface area contributed by atoms with Gasteiger partial charge in [0.1, 0.15) is 5.82 Å². The number of pyridine rings is 2. The van der Waals surface area contributed by atoms with E-state index in [1.807, 2.05) is 43.3 Å². The Balaban J connectivity index is 1.33. The first-order valence-electron chi connectivity index (χ1n) is 10.6. The second-order valence-electron chi connectivity index (χ2n) is 7.96. The average molecular weight is 454 g/mol. The van der Waals surface area contributed by atoms with E-state index < -0.39 is 10.0 Å². The van der Waals surface area contributed by atoms with Crippen LogP contribution in [-0.2, 0) is 10.0 Å². The van der Waals surface area contributed by atoms with Crippen molar-refractivity contribution in [3.63, 3.8) is 0 Å². The highest BCUT2D eigenvalue weighted by Gasteiger charge is 2.27. The molecule has 1 aromatic carbocycles. The van der Waals surface area contributed by atoms with Gasteiger partial charge in [-0.25, -0.2) is 13.4 Å². The summed E-state index contributed by atoms with van der Waals surface area (Å²) in [6.45, 7) is 5.81. The Morgan fingerprint density at radius 2 is 1.84 bits per heavy atom. The Kier molecular flexibility index (Phi) is 6.38. The summed E-state index contributed by atoms with van der Waals surface area (Å²) in [7, 11) is -3.46. The van der Waals surface area contributed by atoms with E-state index in [0.29, 0.717) is 37.4 Å². The molecule has 0 aliphatic carbocycles. The maximum Gasteiger partial charge on any atom is 0.253 e. The number of aromatic nitrogens is 2. The summed E-state index contributed by atoms with van der Waals surface area (Å²) in [5.41, 5.74) is 3.02. The van der Waals surface area contributed by atoms with E-state index in [2.05, 4.69) is 20.2 Å². The molecule has 168 valence electrons. The van der Waals surface area contributed by atoms with Crippen molar-refractivity contribution in [1.82, 2.24) is 19.6 Å². The molecule has 0 spiro atoms. The molecule has 8 nitrogen and oxygen atoms in total. The maximum absolute atomic E-state index is 12.7. The molecular formula is C23H27N5O3S. The number of benzene rings is 1. The number of amides is 1. The van der Waals surface area contributed by atoms with E-state index in [4.69, 9.17) is 0 Å². The second-order valence-corrected chi connectivity index (χ2v) is 10.1. The Labute approximate surface area is 188 Å². The summed E-state index contributed by atoms with van der Waals surface area (Å²) in [5.74, 6) is 0.403. The summed E-state index contributed by atoms with van der Waals surface area (Å²) < 4.78 is 27.0. The highest BCUT2D eigenvalue weighted by atomic mass is 32.2. The van der Waals surface area contributed by atoms with Gasteiger partial charge in [-0.15, -0.1) is 0 Å². The molecule has 0 atom stereocenters. The number of carbonyl (C=O) groups is 1. The molecule has 1 saturated heterocycles. The van der Waals surface area contributed by atoms with E-state index in [1.165, 1.54) is 4.31 Å². The molecule has 1 aliphatic heterocycles. The molecule has 0 unspecified atom stereocenters. The first-order valence-corrected chi connectivity index (χ1v) is 12.2.